The molecule has 7 heteroatoms. The average molecular weight is 308 g/mol. The van der Waals surface area contributed by atoms with Gasteiger partial charge in [0.1, 0.15) is 5.75 Å². The molecule has 0 spiro atoms. The lowest BCUT2D eigenvalue weighted by Gasteiger charge is -2.12. The van der Waals surface area contributed by atoms with E-state index in [9.17, 15) is 8.78 Å². The van der Waals surface area contributed by atoms with E-state index in [1.807, 2.05) is 0 Å². The summed E-state index contributed by atoms with van der Waals surface area (Å²) in [6.45, 7) is -2.60. The van der Waals surface area contributed by atoms with Crippen molar-refractivity contribution in [1.29, 1.82) is 0 Å². The Bertz CT molecular complexity index is 413. The van der Waals surface area contributed by atoms with Gasteiger partial charge in [-0.1, -0.05) is 15.9 Å². The second kappa shape index (κ2) is 6.39. The molecule has 0 heterocycles. The molecule has 0 aliphatic heterocycles. The summed E-state index contributed by atoms with van der Waals surface area (Å²) in [5, 5.41) is 2.77. The Labute approximate surface area is 106 Å². The molecule has 0 atom stereocenters. The van der Waals surface area contributed by atoms with Crippen molar-refractivity contribution in [3.05, 3.63) is 28.2 Å². The van der Waals surface area contributed by atoms with Gasteiger partial charge in [0.15, 0.2) is 5.96 Å². The minimum Gasteiger partial charge on any atom is -0.434 e. The topological polar surface area (TPSA) is 59.6 Å². The van der Waals surface area contributed by atoms with Crippen LogP contribution in [0.4, 0.5) is 8.78 Å². The number of guanidine groups is 1. The molecule has 0 radical (unpaired) electrons. The monoisotopic (exact) mass is 307 g/mol. The van der Waals surface area contributed by atoms with E-state index in [1.165, 1.54) is 13.1 Å². The molecule has 3 N–H and O–H groups in total. The second-order valence-corrected chi connectivity index (χ2v) is 4.01. The summed E-state index contributed by atoms with van der Waals surface area (Å²) in [4.78, 5) is 3.70. The van der Waals surface area contributed by atoms with Crippen LogP contribution in [0.25, 0.3) is 0 Å². The maximum Gasteiger partial charge on any atom is 0.387 e. The van der Waals surface area contributed by atoms with E-state index in [-0.39, 0.29) is 18.3 Å². The van der Waals surface area contributed by atoms with Crippen molar-refractivity contribution >= 4 is 21.9 Å². The Hall–Kier alpha value is -1.37. The van der Waals surface area contributed by atoms with E-state index in [0.29, 0.717) is 5.56 Å². The molecular formula is C10H12BrF2N3O. The van der Waals surface area contributed by atoms with Crippen LogP contribution in [0.1, 0.15) is 5.56 Å². The molecule has 0 amide bonds. The number of alkyl halides is 2. The number of hydrogen-bond donors (Lipinski definition) is 2. The lowest BCUT2D eigenvalue weighted by molar-refractivity contribution is -0.0504. The van der Waals surface area contributed by atoms with Crippen LogP contribution in [-0.2, 0) is 6.54 Å². The van der Waals surface area contributed by atoms with Gasteiger partial charge in [0.05, 0.1) is 0 Å². The third-order valence-corrected chi connectivity index (χ3v) is 2.43. The first kappa shape index (κ1) is 13.7. The lowest BCUT2D eigenvalue weighted by Crippen LogP contribution is -2.30. The molecule has 0 bridgehead atoms. The summed E-state index contributed by atoms with van der Waals surface area (Å²) in [6.07, 6.45) is 0. The van der Waals surface area contributed by atoms with Crippen molar-refractivity contribution < 1.29 is 13.5 Å². The highest BCUT2D eigenvalue weighted by Crippen LogP contribution is 2.24. The van der Waals surface area contributed by atoms with Gasteiger partial charge in [0.2, 0.25) is 0 Å². The predicted octanol–water partition coefficient (Wildman–Crippen LogP) is 2.08. The molecule has 0 unspecified atom stereocenters. The first-order valence-corrected chi connectivity index (χ1v) is 5.51. The molecule has 0 aromatic heterocycles. The second-order valence-electron chi connectivity index (χ2n) is 3.09. The van der Waals surface area contributed by atoms with E-state index >= 15 is 0 Å². The fourth-order valence-electron chi connectivity index (χ4n) is 1.16. The van der Waals surface area contributed by atoms with Crippen LogP contribution in [0.3, 0.4) is 0 Å². The molecule has 0 fully saturated rings. The van der Waals surface area contributed by atoms with Crippen molar-refractivity contribution in [3.8, 4) is 5.75 Å². The van der Waals surface area contributed by atoms with Gasteiger partial charge in [-0.3, -0.25) is 4.99 Å². The van der Waals surface area contributed by atoms with Crippen LogP contribution in [0.15, 0.2) is 27.7 Å². The Morgan fingerprint density at radius 1 is 1.59 bits per heavy atom. The van der Waals surface area contributed by atoms with Crippen molar-refractivity contribution in [2.75, 3.05) is 7.05 Å². The van der Waals surface area contributed by atoms with Gasteiger partial charge in [-0.15, -0.1) is 0 Å². The molecule has 0 saturated carbocycles. The van der Waals surface area contributed by atoms with E-state index in [2.05, 4.69) is 31.0 Å². The largest absolute Gasteiger partial charge is 0.434 e. The molecule has 4 nitrogen and oxygen atoms in total. The lowest BCUT2D eigenvalue weighted by atomic mass is 10.2. The zero-order chi connectivity index (χ0) is 12.8. The van der Waals surface area contributed by atoms with Crippen molar-refractivity contribution in [2.45, 2.75) is 13.2 Å². The Kier molecular flexibility index (Phi) is 5.14. The third-order valence-electron chi connectivity index (χ3n) is 1.94. The van der Waals surface area contributed by atoms with Crippen LogP contribution >= 0.6 is 15.9 Å². The van der Waals surface area contributed by atoms with E-state index < -0.39 is 6.61 Å². The van der Waals surface area contributed by atoms with Gasteiger partial charge >= 0.3 is 6.61 Å². The van der Waals surface area contributed by atoms with E-state index in [4.69, 9.17) is 5.73 Å². The number of ether oxygens (including phenoxy) is 1. The van der Waals surface area contributed by atoms with Crippen LogP contribution in [0.2, 0.25) is 0 Å². The van der Waals surface area contributed by atoms with E-state index in [0.717, 1.165) is 4.47 Å². The molecule has 1 aromatic rings. The van der Waals surface area contributed by atoms with Crippen LogP contribution in [0, 0.1) is 0 Å². The van der Waals surface area contributed by atoms with Gasteiger partial charge in [-0.05, 0) is 18.2 Å². The quantitative estimate of drug-likeness (QED) is 0.661. The summed E-state index contributed by atoms with van der Waals surface area (Å²) in [5.41, 5.74) is 6.01. The number of nitrogens with zero attached hydrogens (tertiary/aromatic N) is 1. The fraction of sp³-hybridized carbons (Fsp3) is 0.300. The molecule has 1 aromatic carbocycles. The smallest absolute Gasteiger partial charge is 0.387 e. The van der Waals surface area contributed by atoms with Gasteiger partial charge in [-0.2, -0.15) is 8.78 Å². The van der Waals surface area contributed by atoms with Crippen LogP contribution in [0.5, 0.6) is 5.75 Å². The molecule has 94 valence electrons. The molecule has 0 aliphatic rings. The number of hydrogen-bond acceptors (Lipinski definition) is 2. The first-order valence-electron chi connectivity index (χ1n) is 4.72. The SMILES string of the molecule is CN=C(N)NCc1cc(Br)ccc1OC(F)F. The van der Waals surface area contributed by atoms with Crippen molar-refractivity contribution in [2.24, 2.45) is 10.7 Å². The highest BCUT2D eigenvalue weighted by Gasteiger charge is 2.10. The van der Waals surface area contributed by atoms with Crippen molar-refractivity contribution in [3.63, 3.8) is 0 Å². The number of nitrogens with two attached hydrogens (primary N) is 1. The summed E-state index contributed by atoms with van der Waals surface area (Å²) in [6, 6.07) is 4.76. The molecule has 1 rings (SSSR count). The maximum absolute atomic E-state index is 12.2. The average Bonchev–Trinajstić information content (AvgIpc) is 2.28. The van der Waals surface area contributed by atoms with Crippen LogP contribution in [-0.4, -0.2) is 19.6 Å². The number of rotatable bonds is 4. The maximum atomic E-state index is 12.2. The van der Waals surface area contributed by atoms with E-state index in [1.54, 1.807) is 12.1 Å². The highest BCUT2D eigenvalue weighted by molar-refractivity contribution is 9.10. The Morgan fingerprint density at radius 3 is 2.88 bits per heavy atom. The van der Waals surface area contributed by atoms with Gasteiger partial charge in [-0.25, -0.2) is 0 Å². The molecule has 17 heavy (non-hydrogen) atoms. The zero-order valence-electron chi connectivity index (χ0n) is 9.08. The normalized spacial score (nSPS) is 11.7. The van der Waals surface area contributed by atoms with Crippen LogP contribution < -0.4 is 15.8 Å². The van der Waals surface area contributed by atoms with Gasteiger partial charge in [0.25, 0.3) is 0 Å². The molecular weight excluding hydrogens is 296 g/mol. The zero-order valence-corrected chi connectivity index (χ0v) is 10.7. The first-order chi connectivity index (χ1) is 8.02. The number of halogens is 3. The number of nitrogens with one attached hydrogen (secondary N) is 1. The van der Waals surface area contributed by atoms with Gasteiger partial charge in [0, 0.05) is 23.6 Å². The number of aliphatic imine (C=N–C) groups is 1. The predicted molar refractivity (Wildman–Crippen MR) is 65.2 cm³/mol. The van der Waals surface area contributed by atoms with Crippen molar-refractivity contribution in [1.82, 2.24) is 5.32 Å². The molecule has 0 aliphatic carbocycles. The summed E-state index contributed by atoms with van der Waals surface area (Å²) in [5.74, 6) is 0.340. The Balaban J connectivity index is 2.83. The molecule has 0 saturated heterocycles. The summed E-state index contributed by atoms with van der Waals surface area (Å²) in [7, 11) is 1.53. The number of benzene rings is 1. The standard InChI is InChI=1S/C10H12BrF2N3O/c1-15-10(14)16-5-6-4-7(11)2-3-8(6)17-9(12)13/h2-4,9H,5H2,1H3,(H3,14,15,16). The summed E-state index contributed by atoms with van der Waals surface area (Å²) < 4.78 is 29.5. The fourth-order valence-corrected chi connectivity index (χ4v) is 1.57. The Morgan fingerprint density at radius 2 is 2.29 bits per heavy atom. The van der Waals surface area contributed by atoms with Gasteiger partial charge < -0.3 is 15.8 Å². The minimum atomic E-state index is -2.85. The minimum absolute atomic E-state index is 0.111. The highest BCUT2D eigenvalue weighted by atomic mass is 79.9. The summed E-state index contributed by atoms with van der Waals surface area (Å²) >= 11 is 3.25. The third kappa shape index (κ3) is 4.56.